The van der Waals surface area contributed by atoms with Crippen molar-refractivity contribution in [2.75, 3.05) is 0 Å². The number of hydrogen-bond acceptors (Lipinski definition) is 5. The molecule has 0 fully saturated rings. The minimum atomic E-state index is -0.815. The molecule has 5 amide bonds. The van der Waals surface area contributed by atoms with Gasteiger partial charge in [0.05, 0.1) is 5.92 Å². The van der Waals surface area contributed by atoms with Gasteiger partial charge in [-0.1, -0.05) is 113 Å². The Morgan fingerprint density at radius 2 is 1.23 bits per heavy atom. The van der Waals surface area contributed by atoms with Crippen LogP contribution in [-0.2, 0) is 20.9 Å². The molecule has 10 heteroatoms. The van der Waals surface area contributed by atoms with Crippen molar-refractivity contribution in [3.05, 3.63) is 96.1 Å². The number of hydrogen-bond donors (Lipinski definition) is 5. The Labute approximate surface area is 259 Å². The quantitative estimate of drug-likeness (QED) is 0.173. The molecule has 5 N–H and O–H groups in total. The fourth-order valence-corrected chi connectivity index (χ4v) is 4.74. The summed E-state index contributed by atoms with van der Waals surface area (Å²) in [6.07, 6.45) is 0.390. The maximum absolute atomic E-state index is 13.1. The van der Waals surface area contributed by atoms with Crippen molar-refractivity contribution in [2.45, 2.75) is 65.5 Å². The predicted octanol–water partition coefficient (Wildman–Crippen LogP) is 5.58. The van der Waals surface area contributed by atoms with Gasteiger partial charge in [0, 0.05) is 12.5 Å². The average molecular weight is 602 g/mol. The molecular weight excluding hydrogens is 558 g/mol. The van der Waals surface area contributed by atoms with Crippen molar-refractivity contribution in [3.63, 3.8) is 0 Å². The third-order valence-corrected chi connectivity index (χ3v) is 6.78. The van der Waals surface area contributed by atoms with Crippen LogP contribution in [0.25, 0.3) is 11.1 Å². The van der Waals surface area contributed by atoms with Crippen LogP contribution in [0.15, 0.2) is 84.9 Å². The maximum Gasteiger partial charge on any atom is 0.407 e. The van der Waals surface area contributed by atoms with Crippen LogP contribution in [0.5, 0.6) is 0 Å². The van der Waals surface area contributed by atoms with Crippen LogP contribution in [0.4, 0.5) is 9.59 Å². The van der Waals surface area contributed by atoms with E-state index in [4.69, 9.17) is 4.74 Å². The van der Waals surface area contributed by atoms with Gasteiger partial charge in [-0.15, -0.1) is 0 Å². The van der Waals surface area contributed by atoms with Gasteiger partial charge in [-0.25, -0.2) is 20.4 Å². The summed E-state index contributed by atoms with van der Waals surface area (Å²) >= 11 is 0. The molecule has 0 aliphatic heterocycles. The van der Waals surface area contributed by atoms with Crippen molar-refractivity contribution in [1.82, 2.24) is 27.0 Å². The molecular formula is C34H43N5O5. The molecule has 0 heterocycles. The van der Waals surface area contributed by atoms with Crippen LogP contribution in [0.2, 0.25) is 0 Å². The van der Waals surface area contributed by atoms with Crippen molar-refractivity contribution in [2.24, 2.45) is 11.8 Å². The van der Waals surface area contributed by atoms with Gasteiger partial charge in [0.15, 0.2) is 0 Å². The molecule has 1 unspecified atom stereocenters. The smallest absolute Gasteiger partial charge is 0.407 e. The molecule has 3 rings (SSSR count). The third-order valence-electron chi connectivity index (χ3n) is 6.78. The lowest BCUT2D eigenvalue weighted by atomic mass is 9.89. The van der Waals surface area contributed by atoms with Crippen LogP contribution in [-0.4, -0.2) is 30.0 Å². The van der Waals surface area contributed by atoms with Crippen LogP contribution in [0.1, 0.15) is 64.0 Å². The third kappa shape index (κ3) is 11.8. The van der Waals surface area contributed by atoms with Gasteiger partial charge in [0.1, 0.15) is 6.61 Å². The highest BCUT2D eigenvalue weighted by Gasteiger charge is 2.23. The highest BCUT2D eigenvalue weighted by atomic mass is 16.5. The van der Waals surface area contributed by atoms with E-state index in [1.807, 2.05) is 113 Å². The Morgan fingerprint density at radius 1 is 0.659 bits per heavy atom. The van der Waals surface area contributed by atoms with Gasteiger partial charge >= 0.3 is 12.1 Å². The number of alkyl carbamates (subject to hydrolysis) is 1. The predicted molar refractivity (Wildman–Crippen MR) is 170 cm³/mol. The Hall–Kier alpha value is -4.86. The van der Waals surface area contributed by atoms with Gasteiger partial charge in [0.2, 0.25) is 11.8 Å². The van der Waals surface area contributed by atoms with E-state index in [0.29, 0.717) is 12.8 Å². The monoisotopic (exact) mass is 601 g/mol. The van der Waals surface area contributed by atoms with Gasteiger partial charge in [-0.05, 0) is 46.9 Å². The number of urea groups is 1. The Kier molecular flexibility index (Phi) is 13.2. The van der Waals surface area contributed by atoms with Crippen LogP contribution < -0.4 is 27.0 Å². The summed E-state index contributed by atoms with van der Waals surface area (Å²) in [5, 5.41) is 2.73. The first kappa shape index (κ1) is 33.6. The highest BCUT2D eigenvalue weighted by molar-refractivity contribution is 5.87. The van der Waals surface area contributed by atoms with E-state index in [9.17, 15) is 19.2 Å². The van der Waals surface area contributed by atoms with Crippen molar-refractivity contribution < 1.29 is 23.9 Å². The molecule has 2 atom stereocenters. The first-order valence-corrected chi connectivity index (χ1v) is 14.9. The van der Waals surface area contributed by atoms with Crippen LogP contribution in [0.3, 0.4) is 0 Å². The normalized spacial score (nSPS) is 12.1. The van der Waals surface area contributed by atoms with Gasteiger partial charge in [0.25, 0.3) is 0 Å². The average Bonchev–Trinajstić information content (AvgIpc) is 3.01. The first-order valence-electron chi connectivity index (χ1n) is 14.9. The van der Waals surface area contributed by atoms with Crippen LogP contribution in [0, 0.1) is 11.8 Å². The lowest BCUT2D eigenvalue weighted by Gasteiger charge is -2.21. The number of nitrogens with one attached hydrogen (secondary N) is 5. The first-order chi connectivity index (χ1) is 21.1. The molecule has 0 radical (unpaired) electrons. The molecule has 0 aromatic heterocycles. The van der Waals surface area contributed by atoms with E-state index in [-0.39, 0.29) is 30.8 Å². The Bertz CT molecular complexity index is 1350. The van der Waals surface area contributed by atoms with Crippen molar-refractivity contribution >= 4 is 23.9 Å². The van der Waals surface area contributed by atoms with Gasteiger partial charge in [-0.2, -0.15) is 0 Å². The second kappa shape index (κ2) is 17.3. The largest absolute Gasteiger partial charge is 0.445 e. The summed E-state index contributed by atoms with van der Waals surface area (Å²) in [6, 6.07) is 25.7. The second-order valence-corrected chi connectivity index (χ2v) is 11.5. The van der Waals surface area contributed by atoms with E-state index < -0.39 is 30.0 Å². The topological polar surface area (TPSA) is 138 Å². The molecule has 44 heavy (non-hydrogen) atoms. The minimum Gasteiger partial charge on any atom is -0.445 e. The number of amides is 5. The lowest BCUT2D eigenvalue weighted by molar-refractivity contribution is -0.123. The zero-order chi connectivity index (χ0) is 31.9. The van der Waals surface area contributed by atoms with Crippen molar-refractivity contribution in [1.29, 1.82) is 0 Å². The molecule has 0 saturated heterocycles. The molecule has 3 aromatic carbocycles. The summed E-state index contributed by atoms with van der Waals surface area (Å²) in [7, 11) is 0. The summed E-state index contributed by atoms with van der Waals surface area (Å²) in [4.78, 5) is 50.3. The summed E-state index contributed by atoms with van der Waals surface area (Å²) in [5.74, 6) is -0.948. The van der Waals surface area contributed by atoms with Crippen molar-refractivity contribution in [3.8, 4) is 11.1 Å². The van der Waals surface area contributed by atoms with E-state index in [1.54, 1.807) is 0 Å². The molecule has 0 aliphatic carbocycles. The Morgan fingerprint density at radius 3 is 1.84 bits per heavy atom. The number of hydrazine groups is 2. The van der Waals surface area contributed by atoms with E-state index in [1.165, 1.54) is 0 Å². The van der Waals surface area contributed by atoms with Gasteiger partial charge < -0.3 is 10.1 Å². The summed E-state index contributed by atoms with van der Waals surface area (Å²) < 4.78 is 5.27. The molecule has 0 saturated carbocycles. The zero-order valence-corrected chi connectivity index (χ0v) is 25.8. The van der Waals surface area contributed by atoms with E-state index in [0.717, 1.165) is 22.3 Å². The fourth-order valence-electron chi connectivity index (χ4n) is 4.74. The highest BCUT2D eigenvalue weighted by Crippen LogP contribution is 2.27. The lowest BCUT2D eigenvalue weighted by Crippen LogP contribution is -2.54. The number of benzene rings is 3. The molecule has 0 aliphatic rings. The molecule has 0 bridgehead atoms. The molecule has 0 spiro atoms. The van der Waals surface area contributed by atoms with E-state index >= 15 is 0 Å². The Balaban J connectivity index is 1.47. The molecule has 3 aromatic rings. The maximum atomic E-state index is 13.1. The fraction of sp³-hybridized carbons (Fsp3) is 0.353. The minimum absolute atomic E-state index is 0.0826. The number of ether oxygens (including phenoxy) is 1. The second-order valence-electron chi connectivity index (χ2n) is 11.5. The number of carbonyl (C=O) groups excluding carboxylic acids is 4. The van der Waals surface area contributed by atoms with Crippen LogP contribution >= 0.6 is 0 Å². The van der Waals surface area contributed by atoms with E-state index in [2.05, 4.69) is 27.0 Å². The number of rotatable bonds is 12. The zero-order valence-electron chi connectivity index (χ0n) is 25.8. The molecule has 234 valence electrons. The standard InChI is InChI=1S/C34H43N5O5/c1-23(2)19-29(35-34(43)44-22-25-11-7-5-8-12-25)21-31(40)36-38-33(42)39-37-32(41)30(20-24(3)4)28-17-15-27(16-18-28)26-13-9-6-10-14-26/h5-18,23-24,29-30H,19-22H2,1-4H3,(H,35,43)(H,36,40)(H,37,41)(H2,38,39,42)/t29-,30?/m0/s1. The SMILES string of the molecule is CC(C)CC(C(=O)NNC(=O)NNC(=O)C[C@H](CC(C)C)NC(=O)OCc1ccccc1)c1ccc(-c2ccccc2)cc1. The summed E-state index contributed by atoms with van der Waals surface area (Å²) in [5.41, 5.74) is 13.1. The van der Waals surface area contributed by atoms with Gasteiger partial charge in [-0.3, -0.25) is 20.4 Å². The molecule has 10 nitrogen and oxygen atoms in total. The summed E-state index contributed by atoms with van der Waals surface area (Å²) in [6.45, 7) is 8.11. The number of carbonyl (C=O) groups is 4.